The Hall–Kier alpha value is -1.64. The third-order valence-corrected chi connectivity index (χ3v) is 2.19. The zero-order valence-corrected chi connectivity index (χ0v) is 9.23. The monoisotopic (exact) mass is 205 g/mol. The van der Waals surface area contributed by atoms with Gasteiger partial charge < -0.3 is 0 Å². The maximum atomic E-state index is 10.7. The van der Waals surface area contributed by atoms with Crippen molar-refractivity contribution in [3.05, 3.63) is 51.2 Å². The molecule has 0 aliphatic carbocycles. The second kappa shape index (κ2) is 4.73. The Morgan fingerprint density at radius 1 is 1.33 bits per heavy atom. The van der Waals surface area contributed by atoms with E-state index in [4.69, 9.17) is 0 Å². The summed E-state index contributed by atoms with van der Waals surface area (Å²) >= 11 is 0. The summed E-state index contributed by atoms with van der Waals surface area (Å²) in [6.07, 6.45) is 1.63. The van der Waals surface area contributed by atoms with Crippen LogP contribution in [0.5, 0.6) is 0 Å². The number of nitrogens with zero attached hydrogens (tertiary/aromatic N) is 1. The van der Waals surface area contributed by atoms with Gasteiger partial charge in [0, 0.05) is 12.0 Å². The number of rotatable bonds is 3. The minimum absolute atomic E-state index is 0.0682. The molecule has 1 aromatic rings. The van der Waals surface area contributed by atoms with Crippen molar-refractivity contribution in [1.29, 1.82) is 0 Å². The van der Waals surface area contributed by atoms with Crippen LogP contribution in [0.2, 0.25) is 0 Å². The van der Waals surface area contributed by atoms with Crippen molar-refractivity contribution >= 4 is 6.08 Å². The minimum Gasteiger partial charge on any atom is -0.259 e. The van der Waals surface area contributed by atoms with Crippen molar-refractivity contribution < 1.29 is 4.92 Å². The molecule has 0 aliphatic heterocycles. The Bertz CT molecular complexity index is 377. The summed E-state index contributed by atoms with van der Waals surface area (Å²) in [6, 6.07) is 7.68. The molecule has 15 heavy (non-hydrogen) atoms. The first-order valence-corrected chi connectivity index (χ1v) is 4.93. The minimum atomic E-state index is -0.315. The zero-order chi connectivity index (χ0) is 11.4. The zero-order valence-electron chi connectivity index (χ0n) is 9.23. The molecule has 0 aliphatic rings. The Kier molecular flexibility index (Phi) is 3.61. The van der Waals surface area contributed by atoms with E-state index < -0.39 is 0 Å². The molecule has 1 aromatic carbocycles. The van der Waals surface area contributed by atoms with Gasteiger partial charge in [0.05, 0.1) is 4.92 Å². The number of hydrogen-bond donors (Lipinski definition) is 0. The molecule has 0 atom stereocenters. The summed E-state index contributed by atoms with van der Waals surface area (Å²) in [6.45, 7) is 5.63. The molecule has 0 saturated carbocycles. The number of allylic oxidation sites excluding steroid dienone is 1. The van der Waals surface area contributed by atoms with Crippen molar-refractivity contribution in [3.8, 4) is 0 Å². The lowest BCUT2D eigenvalue weighted by Crippen LogP contribution is -2.05. The number of aryl methyl sites for hydroxylation is 1. The van der Waals surface area contributed by atoms with Crippen molar-refractivity contribution in [1.82, 2.24) is 0 Å². The number of hydrogen-bond acceptors (Lipinski definition) is 2. The van der Waals surface area contributed by atoms with Gasteiger partial charge in [-0.1, -0.05) is 43.7 Å². The number of benzene rings is 1. The summed E-state index contributed by atoms with van der Waals surface area (Å²) in [7, 11) is 0. The summed E-state index contributed by atoms with van der Waals surface area (Å²) < 4.78 is 0. The van der Waals surface area contributed by atoms with E-state index >= 15 is 0 Å². The van der Waals surface area contributed by atoms with E-state index in [9.17, 15) is 10.1 Å². The van der Waals surface area contributed by atoms with Crippen LogP contribution >= 0.6 is 0 Å². The summed E-state index contributed by atoms with van der Waals surface area (Å²) in [5.41, 5.74) is 2.28. The van der Waals surface area contributed by atoms with E-state index in [2.05, 4.69) is 0 Å². The fourth-order valence-corrected chi connectivity index (χ4v) is 1.26. The van der Waals surface area contributed by atoms with Crippen LogP contribution in [0, 0.1) is 23.0 Å². The first-order valence-electron chi connectivity index (χ1n) is 4.93. The van der Waals surface area contributed by atoms with Crippen molar-refractivity contribution in [2.45, 2.75) is 20.8 Å². The number of nitro groups is 1. The Balaban J connectivity index is 3.02. The quantitative estimate of drug-likeness (QED) is 0.561. The van der Waals surface area contributed by atoms with Crippen molar-refractivity contribution in [2.24, 2.45) is 5.92 Å². The Labute approximate surface area is 89.6 Å². The molecule has 1 rings (SSSR count). The highest BCUT2D eigenvalue weighted by Crippen LogP contribution is 2.15. The highest BCUT2D eigenvalue weighted by molar-refractivity contribution is 5.51. The molecule has 0 saturated heterocycles. The highest BCUT2D eigenvalue weighted by Gasteiger charge is 2.15. The Morgan fingerprint density at radius 3 is 2.27 bits per heavy atom. The van der Waals surface area contributed by atoms with E-state index in [0.29, 0.717) is 0 Å². The predicted molar refractivity (Wildman–Crippen MR) is 61.0 cm³/mol. The lowest BCUT2D eigenvalue weighted by atomic mass is 10.1. The van der Waals surface area contributed by atoms with Crippen molar-refractivity contribution in [3.63, 3.8) is 0 Å². The maximum Gasteiger partial charge on any atom is 0.249 e. The average Bonchev–Trinajstić information content (AvgIpc) is 2.15. The molecular formula is C12H15NO2. The van der Waals surface area contributed by atoms with Gasteiger partial charge in [-0.25, -0.2) is 0 Å². The topological polar surface area (TPSA) is 43.1 Å². The Morgan fingerprint density at radius 2 is 1.87 bits per heavy atom. The first kappa shape index (κ1) is 11.4. The third-order valence-electron chi connectivity index (χ3n) is 2.19. The van der Waals surface area contributed by atoms with E-state index in [0.717, 1.165) is 11.1 Å². The molecule has 0 aromatic heterocycles. The molecule has 0 bridgehead atoms. The van der Waals surface area contributed by atoms with Crippen LogP contribution in [0.4, 0.5) is 0 Å². The van der Waals surface area contributed by atoms with Gasteiger partial charge in [-0.05, 0) is 12.5 Å². The molecule has 3 nitrogen and oxygen atoms in total. The lowest BCUT2D eigenvalue weighted by molar-refractivity contribution is -0.431. The normalized spacial score (nSPS) is 11.9. The molecule has 0 unspecified atom stereocenters. The van der Waals surface area contributed by atoms with Gasteiger partial charge in [-0.15, -0.1) is 0 Å². The predicted octanol–water partition coefficient (Wildman–Crippen LogP) is 3.27. The van der Waals surface area contributed by atoms with Gasteiger partial charge in [0.15, 0.2) is 0 Å². The van der Waals surface area contributed by atoms with Crippen LogP contribution in [0.15, 0.2) is 30.0 Å². The van der Waals surface area contributed by atoms with Gasteiger partial charge in [0.1, 0.15) is 0 Å². The summed E-state index contributed by atoms with van der Waals surface area (Å²) in [4.78, 5) is 10.4. The van der Waals surface area contributed by atoms with Crippen LogP contribution in [-0.2, 0) is 0 Å². The molecular weight excluding hydrogens is 190 g/mol. The first-order chi connectivity index (χ1) is 7.00. The smallest absolute Gasteiger partial charge is 0.249 e. The molecule has 0 spiro atoms. The molecule has 80 valence electrons. The second-order valence-corrected chi connectivity index (χ2v) is 3.89. The largest absolute Gasteiger partial charge is 0.259 e. The van der Waals surface area contributed by atoms with Crippen molar-refractivity contribution in [2.75, 3.05) is 0 Å². The van der Waals surface area contributed by atoms with Gasteiger partial charge in [-0.3, -0.25) is 10.1 Å². The SMILES string of the molecule is Cc1ccc(/C=C(/C(C)C)[N+](=O)[O-])cc1. The van der Waals surface area contributed by atoms with Crippen LogP contribution < -0.4 is 0 Å². The van der Waals surface area contributed by atoms with Crippen LogP contribution in [0.25, 0.3) is 6.08 Å². The van der Waals surface area contributed by atoms with E-state index in [1.807, 2.05) is 45.0 Å². The molecule has 0 amide bonds. The van der Waals surface area contributed by atoms with Crippen LogP contribution in [0.1, 0.15) is 25.0 Å². The van der Waals surface area contributed by atoms with Gasteiger partial charge in [-0.2, -0.15) is 0 Å². The van der Waals surface area contributed by atoms with E-state index in [-0.39, 0.29) is 16.5 Å². The molecule has 0 N–H and O–H groups in total. The lowest BCUT2D eigenvalue weighted by Gasteiger charge is -2.02. The average molecular weight is 205 g/mol. The fraction of sp³-hybridized carbons (Fsp3) is 0.333. The van der Waals surface area contributed by atoms with Gasteiger partial charge >= 0.3 is 0 Å². The van der Waals surface area contributed by atoms with E-state index in [1.54, 1.807) is 6.08 Å². The second-order valence-electron chi connectivity index (χ2n) is 3.89. The standard InChI is InChI=1S/C12H15NO2/c1-9(2)12(13(14)15)8-11-6-4-10(3)5-7-11/h4-9H,1-3H3/b12-8-. The molecule has 0 fully saturated rings. The van der Waals surface area contributed by atoms with Crippen LogP contribution in [0.3, 0.4) is 0 Å². The van der Waals surface area contributed by atoms with Gasteiger partial charge in [0.25, 0.3) is 0 Å². The molecule has 0 heterocycles. The highest BCUT2D eigenvalue weighted by atomic mass is 16.6. The third kappa shape index (κ3) is 3.20. The van der Waals surface area contributed by atoms with E-state index in [1.165, 1.54) is 0 Å². The van der Waals surface area contributed by atoms with Gasteiger partial charge in [0.2, 0.25) is 5.70 Å². The maximum absolute atomic E-state index is 10.7. The summed E-state index contributed by atoms with van der Waals surface area (Å²) in [5.74, 6) is -0.0682. The fourth-order valence-electron chi connectivity index (χ4n) is 1.26. The molecule has 3 heteroatoms. The molecule has 0 radical (unpaired) electrons. The summed E-state index contributed by atoms with van der Waals surface area (Å²) in [5, 5.41) is 10.7. The van der Waals surface area contributed by atoms with Crippen LogP contribution in [-0.4, -0.2) is 4.92 Å².